The summed E-state index contributed by atoms with van der Waals surface area (Å²) < 4.78 is 7.19. The Hall–Kier alpha value is -3.87. The third-order valence-corrected chi connectivity index (χ3v) is 5.96. The number of fused-ring (bicyclic) bond motifs is 1. The maximum Gasteiger partial charge on any atom is 0.318 e. The number of carbonyl (C=O) groups excluding carboxylic acids is 1. The number of furan rings is 1. The number of carbonyl (C=O) groups is 1. The van der Waals surface area contributed by atoms with Gasteiger partial charge in [-0.3, -0.25) is 9.36 Å². The summed E-state index contributed by atoms with van der Waals surface area (Å²) in [6, 6.07) is 18.2. The van der Waals surface area contributed by atoms with Crippen LogP contribution in [0.25, 0.3) is 16.6 Å². The third-order valence-electron chi connectivity index (χ3n) is 5.96. The fraction of sp³-hybridized carbons (Fsp3) is 0.296. The van der Waals surface area contributed by atoms with E-state index >= 15 is 0 Å². The van der Waals surface area contributed by atoms with Crippen LogP contribution in [0.5, 0.6) is 0 Å². The molecule has 0 saturated carbocycles. The van der Waals surface area contributed by atoms with E-state index in [2.05, 4.69) is 12.2 Å². The number of hydrogen-bond donors (Lipinski definition) is 1. The largest absolute Gasteiger partial charge is 0.467 e. The lowest BCUT2D eigenvalue weighted by Gasteiger charge is -2.31. The second kappa shape index (κ2) is 10.4. The highest BCUT2D eigenvalue weighted by molar-refractivity contribution is 5.78. The Kier molecular flexibility index (Phi) is 7.11. The molecule has 2 heterocycles. The average Bonchev–Trinajstić information content (AvgIpc) is 3.38. The number of amides is 2. The average molecular weight is 459 g/mol. The van der Waals surface area contributed by atoms with Crippen LogP contribution < -0.4 is 10.9 Å². The summed E-state index contributed by atoms with van der Waals surface area (Å²) in [6.45, 7) is 6.71. The summed E-state index contributed by atoms with van der Waals surface area (Å²) in [5, 5.41) is 3.44. The Labute approximate surface area is 199 Å². The minimum Gasteiger partial charge on any atom is -0.467 e. The van der Waals surface area contributed by atoms with Crippen molar-refractivity contribution in [3.63, 3.8) is 0 Å². The predicted octanol–water partition coefficient (Wildman–Crippen LogP) is 5.22. The zero-order valence-corrected chi connectivity index (χ0v) is 19.8. The number of urea groups is 1. The fourth-order valence-electron chi connectivity index (χ4n) is 4.19. The molecule has 0 bridgehead atoms. The molecule has 2 aromatic carbocycles. The van der Waals surface area contributed by atoms with Crippen molar-refractivity contribution in [2.24, 2.45) is 0 Å². The first-order valence-electron chi connectivity index (χ1n) is 11.7. The van der Waals surface area contributed by atoms with E-state index in [9.17, 15) is 9.59 Å². The van der Waals surface area contributed by atoms with Crippen LogP contribution in [0.2, 0.25) is 0 Å². The maximum absolute atomic E-state index is 13.7. The minimum absolute atomic E-state index is 0.155. The molecule has 1 atom stereocenters. The van der Waals surface area contributed by atoms with Crippen LogP contribution in [0.15, 0.2) is 76.1 Å². The molecule has 0 aliphatic heterocycles. The number of aromatic nitrogens is 2. The van der Waals surface area contributed by atoms with Crippen LogP contribution in [-0.2, 0) is 13.0 Å². The topological polar surface area (TPSA) is 80.4 Å². The second-order valence-corrected chi connectivity index (χ2v) is 8.11. The lowest BCUT2D eigenvalue weighted by Crippen LogP contribution is -2.43. The Bertz CT molecular complexity index is 1310. The summed E-state index contributed by atoms with van der Waals surface area (Å²) in [5.74, 6) is 1.18. The molecule has 0 fully saturated rings. The molecule has 0 aliphatic carbocycles. The summed E-state index contributed by atoms with van der Waals surface area (Å²) in [5.41, 5.74) is 2.36. The van der Waals surface area contributed by atoms with Crippen molar-refractivity contribution >= 4 is 16.9 Å². The predicted molar refractivity (Wildman–Crippen MR) is 133 cm³/mol. The molecule has 1 unspecified atom stereocenters. The van der Waals surface area contributed by atoms with Gasteiger partial charge >= 0.3 is 6.03 Å². The smallest absolute Gasteiger partial charge is 0.318 e. The van der Waals surface area contributed by atoms with Crippen molar-refractivity contribution in [1.82, 2.24) is 19.8 Å². The van der Waals surface area contributed by atoms with Gasteiger partial charge in [-0.05, 0) is 61.7 Å². The van der Waals surface area contributed by atoms with Crippen molar-refractivity contribution in [1.29, 1.82) is 0 Å². The van der Waals surface area contributed by atoms with Crippen LogP contribution in [0.3, 0.4) is 0 Å². The zero-order valence-electron chi connectivity index (χ0n) is 19.8. The Morgan fingerprint density at radius 3 is 2.47 bits per heavy atom. The quantitative estimate of drug-likeness (QED) is 0.392. The molecule has 7 heteroatoms. The van der Waals surface area contributed by atoms with E-state index in [0.29, 0.717) is 35.5 Å². The Morgan fingerprint density at radius 2 is 1.82 bits per heavy atom. The molecule has 2 amide bonds. The first-order chi connectivity index (χ1) is 16.6. The van der Waals surface area contributed by atoms with Crippen molar-refractivity contribution < 1.29 is 9.21 Å². The number of nitrogens with one attached hydrogen (secondary N) is 1. The van der Waals surface area contributed by atoms with Crippen LogP contribution in [-0.4, -0.2) is 27.0 Å². The number of nitrogens with zero attached hydrogens (tertiary/aromatic N) is 3. The number of rotatable bonds is 8. The van der Waals surface area contributed by atoms with Gasteiger partial charge in [0.25, 0.3) is 5.56 Å². The third kappa shape index (κ3) is 4.59. The van der Waals surface area contributed by atoms with Crippen LogP contribution in [0.1, 0.15) is 50.4 Å². The van der Waals surface area contributed by atoms with Gasteiger partial charge in [-0.1, -0.05) is 38.1 Å². The molecule has 0 spiro atoms. The van der Waals surface area contributed by atoms with Crippen molar-refractivity contribution in [3.8, 4) is 5.69 Å². The summed E-state index contributed by atoms with van der Waals surface area (Å²) in [4.78, 5) is 33.5. The standard InChI is InChI=1S/C27H30N4O3/c1-4-19-13-15-20(16-14-19)31-25(29-23-12-8-7-11-22(23)26(31)32)24(5-2)30(27(33)28-6-3)18-21-10-9-17-34-21/h7-17,24H,4-6,18H2,1-3H3,(H,28,33). The van der Waals surface area contributed by atoms with Gasteiger partial charge in [-0.15, -0.1) is 0 Å². The molecule has 0 saturated heterocycles. The first kappa shape index (κ1) is 23.3. The van der Waals surface area contributed by atoms with Gasteiger partial charge in [0.2, 0.25) is 0 Å². The van der Waals surface area contributed by atoms with Gasteiger partial charge in [0.05, 0.1) is 35.4 Å². The number of benzene rings is 2. The van der Waals surface area contributed by atoms with E-state index in [1.54, 1.807) is 27.9 Å². The SMILES string of the molecule is CCNC(=O)N(Cc1ccco1)C(CC)c1nc2ccccc2c(=O)n1-c1ccc(CC)cc1. The molecule has 7 nitrogen and oxygen atoms in total. The van der Waals surface area contributed by atoms with Crippen molar-refractivity contribution in [2.45, 2.75) is 46.2 Å². The van der Waals surface area contributed by atoms with Crippen LogP contribution in [0, 0.1) is 0 Å². The van der Waals surface area contributed by atoms with E-state index in [1.165, 1.54) is 5.56 Å². The number of aryl methyl sites for hydroxylation is 1. The Morgan fingerprint density at radius 1 is 1.06 bits per heavy atom. The van der Waals surface area contributed by atoms with Crippen molar-refractivity contribution in [2.75, 3.05) is 6.54 Å². The van der Waals surface area contributed by atoms with Gasteiger partial charge in [0.1, 0.15) is 11.6 Å². The van der Waals surface area contributed by atoms with Gasteiger partial charge in [0.15, 0.2) is 0 Å². The fourth-order valence-corrected chi connectivity index (χ4v) is 4.19. The van der Waals surface area contributed by atoms with Gasteiger partial charge in [-0.2, -0.15) is 0 Å². The van der Waals surface area contributed by atoms with Crippen LogP contribution in [0.4, 0.5) is 4.79 Å². The number of hydrogen-bond acceptors (Lipinski definition) is 4. The lowest BCUT2D eigenvalue weighted by atomic mass is 10.1. The minimum atomic E-state index is -0.459. The highest BCUT2D eigenvalue weighted by Gasteiger charge is 2.29. The van der Waals surface area contributed by atoms with Gasteiger partial charge < -0.3 is 14.6 Å². The molecular formula is C27H30N4O3. The molecule has 4 rings (SSSR count). The maximum atomic E-state index is 13.7. The first-order valence-corrected chi connectivity index (χ1v) is 11.7. The van der Waals surface area contributed by atoms with Crippen molar-refractivity contribution in [3.05, 3.63) is 94.4 Å². The molecule has 34 heavy (non-hydrogen) atoms. The molecule has 2 aromatic heterocycles. The highest BCUT2D eigenvalue weighted by Crippen LogP contribution is 2.28. The Balaban J connectivity index is 1.93. The molecular weight excluding hydrogens is 428 g/mol. The van der Waals surface area contributed by atoms with E-state index < -0.39 is 6.04 Å². The van der Waals surface area contributed by atoms with E-state index in [0.717, 1.165) is 12.1 Å². The molecule has 0 radical (unpaired) electrons. The zero-order chi connectivity index (χ0) is 24.1. The number of para-hydroxylation sites is 1. The van der Waals surface area contributed by atoms with Crippen LogP contribution >= 0.6 is 0 Å². The monoisotopic (exact) mass is 458 g/mol. The summed E-state index contributed by atoms with van der Waals surface area (Å²) in [7, 11) is 0. The van der Waals surface area contributed by atoms with Gasteiger partial charge in [0, 0.05) is 6.54 Å². The molecule has 0 aliphatic rings. The normalized spacial score (nSPS) is 12.0. The lowest BCUT2D eigenvalue weighted by molar-refractivity contribution is 0.158. The highest BCUT2D eigenvalue weighted by atomic mass is 16.3. The van der Waals surface area contributed by atoms with E-state index in [4.69, 9.17) is 9.40 Å². The molecule has 1 N–H and O–H groups in total. The van der Waals surface area contributed by atoms with E-state index in [-0.39, 0.29) is 18.1 Å². The van der Waals surface area contributed by atoms with E-state index in [1.807, 2.05) is 62.4 Å². The molecule has 4 aromatic rings. The second-order valence-electron chi connectivity index (χ2n) is 8.11. The molecule has 176 valence electrons. The summed E-state index contributed by atoms with van der Waals surface area (Å²) in [6.07, 6.45) is 3.06. The summed E-state index contributed by atoms with van der Waals surface area (Å²) >= 11 is 0. The van der Waals surface area contributed by atoms with Gasteiger partial charge in [-0.25, -0.2) is 9.78 Å².